The Labute approximate surface area is 170 Å². The molecule has 0 aromatic heterocycles. The highest BCUT2D eigenvalue weighted by molar-refractivity contribution is 6.30. The zero-order chi connectivity index (χ0) is 20.3. The van der Waals surface area contributed by atoms with Crippen LogP contribution in [0, 0.1) is 0 Å². The fourth-order valence-electron chi connectivity index (χ4n) is 3.01. The molecule has 2 aromatic carbocycles. The molecule has 1 unspecified atom stereocenters. The lowest BCUT2D eigenvalue weighted by Crippen LogP contribution is -2.53. The first-order valence-electron chi connectivity index (χ1n) is 9.37. The number of carbonyl (C=O) groups excluding carboxylic acids is 2. The Morgan fingerprint density at radius 1 is 1.11 bits per heavy atom. The maximum atomic E-state index is 12.3. The Balaban J connectivity index is 1.55. The van der Waals surface area contributed by atoms with E-state index in [9.17, 15) is 9.59 Å². The number of ether oxygens (including phenoxy) is 1. The monoisotopic (exact) mass is 400 g/mol. The summed E-state index contributed by atoms with van der Waals surface area (Å²) in [5, 5.41) is 3.47. The van der Waals surface area contributed by atoms with Crippen LogP contribution in [0.1, 0.15) is 43.1 Å². The first-order chi connectivity index (χ1) is 13.2. The van der Waals surface area contributed by atoms with Crippen LogP contribution in [0.5, 0.6) is 0 Å². The highest BCUT2D eigenvalue weighted by Crippen LogP contribution is 2.25. The summed E-state index contributed by atoms with van der Waals surface area (Å²) in [5.41, 5.74) is 1.90. The Bertz CT molecular complexity index is 842. The van der Waals surface area contributed by atoms with E-state index in [0.717, 1.165) is 30.6 Å². The summed E-state index contributed by atoms with van der Waals surface area (Å²) in [4.78, 5) is 26.3. The summed E-state index contributed by atoms with van der Waals surface area (Å²) in [6, 6.07) is 14.6. The zero-order valence-corrected chi connectivity index (χ0v) is 17.1. The maximum absolute atomic E-state index is 12.3. The molecule has 1 aliphatic heterocycles. The third kappa shape index (κ3) is 5.26. The van der Waals surface area contributed by atoms with Gasteiger partial charge in [0.2, 0.25) is 0 Å². The standard InChI is InChI=1S/C22H25ClN2O3/c1-22(2,3)28-21(27)25-13-12-19(25)14-15-4-10-18(11-5-15)24-20(26)16-6-8-17(23)9-7-16/h4-11,19H,12-14H2,1-3H3,(H,24,26). The molecule has 2 aromatic rings. The van der Waals surface area contributed by atoms with Gasteiger partial charge >= 0.3 is 6.09 Å². The molecule has 0 spiro atoms. The number of hydrogen-bond donors (Lipinski definition) is 1. The summed E-state index contributed by atoms with van der Waals surface area (Å²) in [7, 11) is 0. The van der Waals surface area contributed by atoms with Crippen LogP contribution in [-0.4, -0.2) is 35.1 Å². The van der Waals surface area contributed by atoms with Gasteiger partial charge in [-0.3, -0.25) is 4.79 Å². The molecule has 0 aliphatic carbocycles. The number of benzene rings is 2. The molecule has 1 saturated heterocycles. The number of likely N-dealkylation sites (tertiary alicyclic amines) is 1. The van der Waals surface area contributed by atoms with Crippen LogP contribution in [0.15, 0.2) is 48.5 Å². The summed E-state index contributed by atoms with van der Waals surface area (Å²) >= 11 is 5.85. The lowest BCUT2D eigenvalue weighted by Gasteiger charge is -2.41. The van der Waals surface area contributed by atoms with Gasteiger partial charge in [-0.05, 0) is 75.6 Å². The van der Waals surface area contributed by atoms with Crippen molar-refractivity contribution in [3.8, 4) is 0 Å². The molecular formula is C22H25ClN2O3. The molecule has 2 amide bonds. The maximum Gasteiger partial charge on any atom is 0.410 e. The van der Waals surface area contributed by atoms with E-state index in [2.05, 4.69) is 5.32 Å². The molecule has 148 valence electrons. The molecule has 3 rings (SSSR count). The Morgan fingerprint density at radius 3 is 2.29 bits per heavy atom. The van der Waals surface area contributed by atoms with Crippen LogP contribution in [0.4, 0.5) is 10.5 Å². The van der Waals surface area contributed by atoms with Gasteiger partial charge in [-0.2, -0.15) is 0 Å². The molecule has 1 fully saturated rings. The van der Waals surface area contributed by atoms with Gasteiger partial charge in [-0.1, -0.05) is 23.7 Å². The third-order valence-corrected chi connectivity index (χ3v) is 4.81. The lowest BCUT2D eigenvalue weighted by molar-refractivity contribution is -0.00499. The van der Waals surface area contributed by atoms with Crippen molar-refractivity contribution in [3.05, 3.63) is 64.7 Å². The number of nitrogens with one attached hydrogen (secondary N) is 1. The molecule has 0 bridgehead atoms. The molecule has 1 aliphatic rings. The van der Waals surface area contributed by atoms with Crippen LogP contribution in [0.3, 0.4) is 0 Å². The van der Waals surface area contributed by atoms with E-state index in [0.29, 0.717) is 10.6 Å². The quantitative estimate of drug-likeness (QED) is 0.772. The number of carbonyl (C=O) groups is 2. The average Bonchev–Trinajstić information content (AvgIpc) is 2.59. The van der Waals surface area contributed by atoms with Crippen molar-refractivity contribution in [1.82, 2.24) is 4.90 Å². The first kappa shape index (κ1) is 20.2. The van der Waals surface area contributed by atoms with E-state index >= 15 is 0 Å². The van der Waals surface area contributed by atoms with Gasteiger partial charge in [0.15, 0.2) is 0 Å². The van der Waals surface area contributed by atoms with E-state index in [1.807, 2.05) is 45.0 Å². The number of anilines is 1. The van der Waals surface area contributed by atoms with Crippen LogP contribution in [0.25, 0.3) is 0 Å². The van der Waals surface area contributed by atoms with Gasteiger partial charge in [0, 0.05) is 28.9 Å². The highest BCUT2D eigenvalue weighted by Gasteiger charge is 2.35. The van der Waals surface area contributed by atoms with Crippen molar-refractivity contribution in [2.75, 3.05) is 11.9 Å². The van der Waals surface area contributed by atoms with Gasteiger partial charge in [0.05, 0.1) is 0 Å². The fourth-order valence-corrected chi connectivity index (χ4v) is 3.14. The van der Waals surface area contributed by atoms with Crippen LogP contribution < -0.4 is 5.32 Å². The van der Waals surface area contributed by atoms with E-state index in [1.54, 1.807) is 29.2 Å². The van der Waals surface area contributed by atoms with Crippen molar-refractivity contribution in [2.45, 2.75) is 45.3 Å². The summed E-state index contributed by atoms with van der Waals surface area (Å²) in [6.07, 6.45) is 1.48. The van der Waals surface area contributed by atoms with Crippen molar-refractivity contribution in [1.29, 1.82) is 0 Å². The number of halogens is 1. The fraction of sp³-hybridized carbons (Fsp3) is 0.364. The Hall–Kier alpha value is -2.53. The largest absolute Gasteiger partial charge is 0.444 e. The van der Waals surface area contributed by atoms with Crippen molar-refractivity contribution in [2.24, 2.45) is 0 Å². The minimum absolute atomic E-state index is 0.157. The second kappa shape index (κ2) is 8.23. The van der Waals surface area contributed by atoms with Crippen LogP contribution >= 0.6 is 11.6 Å². The molecule has 28 heavy (non-hydrogen) atoms. The van der Waals surface area contributed by atoms with Gasteiger partial charge < -0.3 is 15.0 Å². The minimum Gasteiger partial charge on any atom is -0.444 e. The van der Waals surface area contributed by atoms with E-state index in [-0.39, 0.29) is 18.0 Å². The Kier molecular flexibility index (Phi) is 5.94. The van der Waals surface area contributed by atoms with E-state index in [4.69, 9.17) is 16.3 Å². The molecule has 0 saturated carbocycles. The van der Waals surface area contributed by atoms with Gasteiger partial charge in [-0.25, -0.2) is 4.79 Å². The first-order valence-corrected chi connectivity index (χ1v) is 9.74. The van der Waals surface area contributed by atoms with Crippen molar-refractivity contribution >= 4 is 29.3 Å². The Morgan fingerprint density at radius 2 is 1.75 bits per heavy atom. The number of amides is 2. The smallest absolute Gasteiger partial charge is 0.410 e. The molecule has 1 N–H and O–H groups in total. The molecular weight excluding hydrogens is 376 g/mol. The molecule has 1 heterocycles. The van der Waals surface area contributed by atoms with Crippen LogP contribution in [0.2, 0.25) is 5.02 Å². The van der Waals surface area contributed by atoms with Crippen molar-refractivity contribution in [3.63, 3.8) is 0 Å². The predicted octanol–water partition coefficient (Wildman–Crippen LogP) is 5.14. The second-order valence-corrected chi connectivity index (χ2v) is 8.41. The van der Waals surface area contributed by atoms with Gasteiger partial charge in [0.25, 0.3) is 5.91 Å². The topological polar surface area (TPSA) is 58.6 Å². The van der Waals surface area contributed by atoms with E-state index in [1.165, 1.54) is 0 Å². The average molecular weight is 401 g/mol. The second-order valence-electron chi connectivity index (χ2n) is 7.98. The van der Waals surface area contributed by atoms with E-state index < -0.39 is 5.60 Å². The molecule has 0 radical (unpaired) electrons. The number of hydrogen-bond acceptors (Lipinski definition) is 3. The van der Waals surface area contributed by atoms with Gasteiger partial charge in [-0.15, -0.1) is 0 Å². The zero-order valence-electron chi connectivity index (χ0n) is 16.4. The van der Waals surface area contributed by atoms with Crippen molar-refractivity contribution < 1.29 is 14.3 Å². The summed E-state index contributed by atoms with van der Waals surface area (Å²) in [6.45, 7) is 6.35. The minimum atomic E-state index is -0.485. The lowest BCUT2D eigenvalue weighted by atomic mass is 9.95. The number of nitrogens with zero attached hydrogens (tertiary/aromatic N) is 1. The molecule has 5 nitrogen and oxygen atoms in total. The third-order valence-electron chi connectivity index (χ3n) is 4.56. The number of rotatable bonds is 4. The highest BCUT2D eigenvalue weighted by atomic mass is 35.5. The summed E-state index contributed by atoms with van der Waals surface area (Å²) < 4.78 is 5.45. The normalized spacial score (nSPS) is 16.3. The van der Waals surface area contributed by atoms with Gasteiger partial charge in [0.1, 0.15) is 5.60 Å². The summed E-state index contributed by atoms with van der Waals surface area (Å²) in [5.74, 6) is -0.181. The molecule has 1 atom stereocenters. The molecule has 6 heteroatoms. The SMILES string of the molecule is CC(C)(C)OC(=O)N1CCC1Cc1ccc(NC(=O)c2ccc(Cl)cc2)cc1. The predicted molar refractivity (Wildman–Crippen MR) is 111 cm³/mol. The van der Waals surface area contributed by atoms with Crippen LogP contribution in [-0.2, 0) is 11.2 Å².